The summed E-state index contributed by atoms with van der Waals surface area (Å²) in [6.45, 7) is 1.66. The fourth-order valence-corrected chi connectivity index (χ4v) is 4.13. The molecule has 3 rings (SSSR count). The highest BCUT2D eigenvalue weighted by Gasteiger charge is 2.29. The Morgan fingerprint density at radius 1 is 1.20 bits per heavy atom. The first-order valence-corrected chi connectivity index (χ1v) is 9.52. The predicted octanol–water partition coefficient (Wildman–Crippen LogP) is 3.48. The minimum absolute atomic E-state index is 0.0441. The molecular formula is C17H16ClFN2O3S. The van der Waals surface area contributed by atoms with Gasteiger partial charge in [-0.05, 0) is 61.7 Å². The molecule has 0 aromatic heterocycles. The highest BCUT2D eigenvalue weighted by atomic mass is 35.5. The van der Waals surface area contributed by atoms with E-state index in [1.807, 2.05) is 0 Å². The lowest BCUT2D eigenvalue weighted by Gasteiger charge is -2.11. The van der Waals surface area contributed by atoms with E-state index in [9.17, 15) is 17.6 Å². The third-order valence-electron chi connectivity index (χ3n) is 3.82. The lowest BCUT2D eigenvalue weighted by atomic mass is 10.1. The maximum Gasteiger partial charge on any atom is 0.255 e. The summed E-state index contributed by atoms with van der Waals surface area (Å²) in [5.41, 5.74) is 1.15. The number of hydrogen-bond acceptors (Lipinski definition) is 3. The molecule has 1 saturated carbocycles. The Balaban J connectivity index is 1.87. The van der Waals surface area contributed by atoms with E-state index < -0.39 is 21.7 Å². The average molecular weight is 383 g/mol. The van der Waals surface area contributed by atoms with Gasteiger partial charge in [-0.15, -0.1) is 0 Å². The van der Waals surface area contributed by atoms with Gasteiger partial charge in [-0.1, -0.05) is 11.6 Å². The molecule has 1 aliphatic carbocycles. The Labute approximate surface area is 150 Å². The number of hydrogen-bond donors (Lipinski definition) is 2. The number of rotatable bonds is 5. The van der Waals surface area contributed by atoms with E-state index in [1.165, 1.54) is 36.4 Å². The number of halogens is 2. The normalized spacial score (nSPS) is 14.4. The summed E-state index contributed by atoms with van der Waals surface area (Å²) in [5, 5.41) is 2.69. The van der Waals surface area contributed by atoms with Crippen LogP contribution in [-0.2, 0) is 10.0 Å². The quantitative estimate of drug-likeness (QED) is 0.831. The van der Waals surface area contributed by atoms with Crippen molar-refractivity contribution in [2.24, 2.45) is 0 Å². The molecule has 2 aromatic carbocycles. The van der Waals surface area contributed by atoms with Gasteiger partial charge in [0.1, 0.15) is 10.7 Å². The zero-order valence-electron chi connectivity index (χ0n) is 13.3. The Kier molecular flexibility index (Phi) is 4.81. The molecule has 0 radical (unpaired) electrons. The van der Waals surface area contributed by atoms with Crippen molar-refractivity contribution in [3.63, 3.8) is 0 Å². The molecule has 0 heterocycles. The van der Waals surface area contributed by atoms with Crippen LogP contribution in [0.25, 0.3) is 0 Å². The van der Waals surface area contributed by atoms with Crippen LogP contribution in [0.5, 0.6) is 0 Å². The van der Waals surface area contributed by atoms with Gasteiger partial charge >= 0.3 is 0 Å². The summed E-state index contributed by atoms with van der Waals surface area (Å²) in [6.07, 6.45) is 1.59. The third kappa shape index (κ3) is 4.18. The summed E-state index contributed by atoms with van der Waals surface area (Å²) in [5.74, 6) is -0.907. The van der Waals surface area contributed by atoms with Crippen LogP contribution in [-0.4, -0.2) is 20.4 Å². The van der Waals surface area contributed by atoms with Crippen molar-refractivity contribution in [1.29, 1.82) is 0 Å². The summed E-state index contributed by atoms with van der Waals surface area (Å²) >= 11 is 6.00. The number of carbonyl (C=O) groups is 1. The number of nitrogens with one attached hydrogen (secondary N) is 2. The smallest absolute Gasteiger partial charge is 0.255 e. The number of benzene rings is 2. The van der Waals surface area contributed by atoms with Crippen LogP contribution in [0, 0.1) is 12.7 Å². The Morgan fingerprint density at radius 2 is 1.92 bits per heavy atom. The summed E-state index contributed by atoms with van der Waals surface area (Å²) in [7, 11) is -3.78. The van der Waals surface area contributed by atoms with Crippen molar-refractivity contribution in [1.82, 2.24) is 4.72 Å². The van der Waals surface area contributed by atoms with Crippen LogP contribution in [0.4, 0.5) is 10.1 Å². The number of aryl methyl sites for hydroxylation is 1. The zero-order chi connectivity index (χ0) is 18.2. The Morgan fingerprint density at radius 3 is 2.56 bits per heavy atom. The molecule has 0 bridgehead atoms. The second-order valence-corrected chi connectivity index (χ2v) is 8.04. The minimum atomic E-state index is -3.78. The SMILES string of the molecule is Cc1cc(F)ccc1NC(=O)c1ccc(Cl)c(S(=O)(=O)NC2CC2)c1. The largest absolute Gasteiger partial charge is 0.322 e. The molecule has 0 aliphatic heterocycles. The van der Waals surface area contributed by atoms with Gasteiger partial charge < -0.3 is 5.32 Å². The molecule has 5 nitrogen and oxygen atoms in total. The van der Waals surface area contributed by atoms with Crippen molar-refractivity contribution >= 4 is 33.2 Å². The van der Waals surface area contributed by atoms with E-state index in [2.05, 4.69) is 10.0 Å². The molecule has 1 fully saturated rings. The fraction of sp³-hybridized carbons (Fsp3) is 0.235. The molecule has 132 valence electrons. The van der Waals surface area contributed by atoms with Crippen LogP contribution in [0.2, 0.25) is 5.02 Å². The van der Waals surface area contributed by atoms with E-state index in [1.54, 1.807) is 6.92 Å². The first kappa shape index (κ1) is 17.8. The van der Waals surface area contributed by atoms with Crippen molar-refractivity contribution in [3.05, 3.63) is 58.4 Å². The van der Waals surface area contributed by atoms with Gasteiger partial charge in [0.05, 0.1) is 5.02 Å². The predicted molar refractivity (Wildman–Crippen MR) is 93.9 cm³/mol. The van der Waals surface area contributed by atoms with Gasteiger partial charge in [0.15, 0.2) is 0 Å². The monoisotopic (exact) mass is 382 g/mol. The standard InChI is InChI=1S/C17H16ClFN2O3S/c1-10-8-12(19)3-7-15(10)20-17(22)11-2-6-14(18)16(9-11)25(23,24)21-13-4-5-13/h2-3,6-9,13,21H,4-5H2,1H3,(H,20,22). The number of carbonyl (C=O) groups excluding carboxylic acids is 1. The van der Waals surface area contributed by atoms with Gasteiger partial charge in [-0.3, -0.25) is 4.79 Å². The van der Waals surface area contributed by atoms with Gasteiger partial charge in [-0.25, -0.2) is 17.5 Å². The van der Waals surface area contributed by atoms with Crippen LogP contribution in [0.15, 0.2) is 41.3 Å². The van der Waals surface area contributed by atoms with Crippen molar-refractivity contribution in [3.8, 4) is 0 Å². The molecule has 0 saturated heterocycles. The highest BCUT2D eigenvalue weighted by Crippen LogP contribution is 2.27. The van der Waals surface area contributed by atoms with Crippen LogP contribution in [0.3, 0.4) is 0 Å². The van der Waals surface area contributed by atoms with Crippen LogP contribution in [0.1, 0.15) is 28.8 Å². The fourth-order valence-electron chi connectivity index (χ4n) is 2.30. The second kappa shape index (κ2) is 6.74. The summed E-state index contributed by atoms with van der Waals surface area (Å²) in [6, 6.07) is 7.96. The first-order chi connectivity index (χ1) is 11.8. The van der Waals surface area contributed by atoms with E-state index in [0.717, 1.165) is 12.8 Å². The number of anilines is 1. The van der Waals surface area contributed by atoms with Crippen molar-refractivity contribution < 1.29 is 17.6 Å². The molecule has 2 N–H and O–H groups in total. The Hall–Kier alpha value is -1.96. The Bertz CT molecular complexity index is 943. The molecule has 25 heavy (non-hydrogen) atoms. The molecule has 0 unspecified atom stereocenters. The van der Waals surface area contributed by atoms with Gasteiger partial charge in [0.2, 0.25) is 10.0 Å². The van der Waals surface area contributed by atoms with E-state index in [0.29, 0.717) is 11.3 Å². The molecule has 2 aromatic rings. The third-order valence-corrected chi connectivity index (χ3v) is 5.82. The molecular weight excluding hydrogens is 367 g/mol. The van der Waals surface area contributed by atoms with Crippen molar-refractivity contribution in [2.45, 2.75) is 30.7 Å². The van der Waals surface area contributed by atoms with Gasteiger partial charge in [0.25, 0.3) is 5.91 Å². The topological polar surface area (TPSA) is 75.3 Å². The van der Waals surface area contributed by atoms with Gasteiger partial charge in [0, 0.05) is 17.3 Å². The first-order valence-electron chi connectivity index (χ1n) is 7.65. The van der Waals surface area contributed by atoms with Crippen LogP contribution < -0.4 is 10.0 Å². The molecule has 1 amide bonds. The minimum Gasteiger partial charge on any atom is -0.322 e. The lowest BCUT2D eigenvalue weighted by molar-refractivity contribution is 0.102. The summed E-state index contributed by atoms with van der Waals surface area (Å²) in [4.78, 5) is 12.3. The maximum atomic E-state index is 13.1. The van der Waals surface area contributed by atoms with Crippen LogP contribution >= 0.6 is 11.6 Å². The van der Waals surface area contributed by atoms with Crippen molar-refractivity contribution in [2.75, 3.05) is 5.32 Å². The molecule has 8 heteroatoms. The lowest BCUT2D eigenvalue weighted by Crippen LogP contribution is -2.26. The van der Waals surface area contributed by atoms with E-state index in [-0.39, 0.29) is 21.5 Å². The zero-order valence-corrected chi connectivity index (χ0v) is 14.9. The maximum absolute atomic E-state index is 13.1. The number of sulfonamides is 1. The number of amides is 1. The second-order valence-electron chi connectivity index (χ2n) is 5.95. The molecule has 1 aliphatic rings. The van der Waals surface area contributed by atoms with E-state index in [4.69, 9.17) is 11.6 Å². The highest BCUT2D eigenvalue weighted by molar-refractivity contribution is 7.89. The average Bonchev–Trinajstić information content (AvgIpc) is 3.33. The molecule has 0 atom stereocenters. The molecule has 0 spiro atoms. The summed E-state index contributed by atoms with van der Waals surface area (Å²) < 4.78 is 40.4. The van der Waals surface area contributed by atoms with E-state index >= 15 is 0 Å². The van der Waals surface area contributed by atoms with Gasteiger partial charge in [-0.2, -0.15) is 0 Å².